The van der Waals surface area contributed by atoms with E-state index in [0.717, 1.165) is 10.8 Å². The second kappa shape index (κ2) is 12.0. The Kier molecular flexibility index (Phi) is 9.72. The molecule has 0 aromatic heterocycles. The molecule has 0 aliphatic carbocycles. The first-order valence-electron chi connectivity index (χ1n) is 8.67. The maximum Gasteiger partial charge on any atom is 0.508 e. The van der Waals surface area contributed by atoms with E-state index in [1.807, 2.05) is 37.3 Å². The van der Waals surface area contributed by atoms with Crippen molar-refractivity contribution in [3.8, 4) is 5.75 Å². The van der Waals surface area contributed by atoms with Crippen molar-refractivity contribution in [2.24, 2.45) is 0 Å². The van der Waals surface area contributed by atoms with E-state index in [0.29, 0.717) is 38.8 Å². The number of fused-ring (bicyclic) bond motifs is 1. The van der Waals surface area contributed by atoms with Crippen molar-refractivity contribution in [3.63, 3.8) is 0 Å². The Morgan fingerprint density at radius 2 is 1.48 bits per heavy atom. The molecule has 0 aliphatic rings. The van der Waals surface area contributed by atoms with Gasteiger partial charge in [0.1, 0.15) is 0 Å². The Balaban J connectivity index is 1.62. The summed E-state index contributed by atoms with van der Waals surface area (Å²) in [7, 11) is -4.36. The molecule has 0 saturated heterocycles. The largest absolute Gasteiger partial charge is 0.508 e. The normalized spacial score (nSPS) is 13.6. The van der Waals surface area contributed by atoms with E-state index in [4.69, 9.17) is 23.6 Å². The van der Waals surface area contributed by atoms with E-state index in [1.165, 1.54) is 0 Å². The first-order valence-corrected chi connectivity index (χ1v) is 10.2. The van der Waals surface area contributed by atoms with E-state index in [2.05, 4.69) is 4.67 Å². The third-order valence-corrected chi connectivity index (χ3v) is 4.17. The van der Waals surface area contributed by atoms with Crippen LogP contribution in [0.4, 0.5) is 0 Å². The lowest BCUT2D eigenvalue weighted by Crippen LogP contribution is -2.11. The van der Waals surface area contributed by atoms with Gasteiger partial charge in [-0.05, 0) is 18.4 Å². The fraction of sp³-hybridized carbons (Fsp3) is 0.444. The molecule has 0 bridgehead atoms. The van der Waals surface area contributed by atoms with Crippen LogP contribution >= 0.6 is 7.82 Å². The fourth-order valence-corrected chi connectivity index (χ4v) is 2.70. The summed E-state index contributed by atoms with van der Waals surface area (Å²) >= 11 is 0. The van der Waals surface area contributed by atoms with E-state index in [1.54, 1.807) is 12.1 Å². The lowest BCUT2D eigenvalue weighted by atomic mass is 10.1. The summed E-state index contributed by atoms with van der Waals surface area (Å²) in [6.45, 7) is 4.37. The summed E-state index contributed by atoms with van der Waals surface area (Å²) in [5, 5.41) is 1.68. The molecule has 1 N–H and O–H groups in total. The van der Waals surface area contributed by atoms with Crippen LogP contribution in [0, 0.1) is 0 Å². The van der Waals surface area contributed by atoms with Crippen molar-refractivity contribution in [1.29, 1.82) is 0 Å². The monoisotopic (exact) mass is 400 g/mol. The van der Waals surface area contributed by atoms with Crippen LogP contribution in [0.1, 0.15) is 6.92 Å². The van der Waals surface area contributed by atoms with Crippen molar-refractivity contribution in [2.75, 3.05) is 46.2 Å². The summed E-state index contributed by atoms with van der Waals surface area (Å²) in [4.78, 5) is 14.7. The minimum atomic E-state index is -4.36. The molecule has 0 radical (unpaired) electrons. The minimum absolute atomic E-state index is 0.119. The number of phosphoric acid groups is 1. The first kappa shape index (κ1) is 21.8. The Hall–Kier alpha value is -1.51. The summed E-state index contributed by atoms with van der Waals surface area (Å²) < 4.78 is 36.9. The van der Waals surface area contributed by atoms with Gasteiger partial charge in [0.2, 0.25) is 0 Å². The van der Waals surface area contributed by atoms with Crippen LogP contribution in [0.5, 0.6) is 5.75 Å². The molecule has 2 rings (SSSR count). The van der Waals surface area contributed by atoms with Gasteiger partial charge in [0.25, 0.3) is 0 Å². The van der Waals surface area contributed by atoms with Gasteiger partial charge in [0, 0.05) is 12.0 Å². The molecular weight excluding hydrogens is 375 g/mol. The Morgan fingerprint density at radius 1 is 0.852 bits per heavy atom. The molecule has 0 aliphatic heterocycles. The topological polar surface area (TPSA) is 92.7 Å². The quantitative estimate of drug-likeness (QED) is 0.223. The van der Waals surface area contributed by atoms with Crippen molar-refractivity contribution in [1.82, 2.24) is 0 Å². The fourth-order valence-electron chi connectivity index (χ4n) is 2.17. The molecule has 8 nitrogen and oxygen atoms in total. The molecule has 0 spiro atoms. The van der Waals surface area contributed by atoms with Crippen LogP contribution in [0.3, 0.4) is 0 Å². The predicted octanol–water partition coefficient (Wildman–Crippen LogP) is 3.34. The average Bonchev–Trinajstić information content (AvgIpc) is 2.68. The van der Waals surface area contributed by atoms with Gasteiger partial charge >= 0.3 is 7.82 Å². The highest BCUT2D eigenvalue weighted by molar-refractivity contribution is 7.47. The number of rotatable bonds is 14. The van der Waals surface area contributed by atoms with Gasteiger partial charge in [-0.15, -0.1) is 0 Å². The molecular formula is C18H25O8P. The van der Waals surface area contributed by atoms with Gasteiger partial charge in [0.05, 0.1) is 39.6 Å². The SMILES string of the molecule is CCOCCOCCOCCOP(=O)(O)OOc1cccc2ccccc12. The van der Waals surface area contributed by atoms with Gasteiger partial charge in [-0.1, -0.05) is 41.1 Å². The molecule has 0 saturated carbocycles. The van der Waals surface area contributed by atoms with Gasteiger partial charge in [-0.2, -0.15) is 0 Å². The Bertz CT molecular complexity index is 718. The minimum Gasteiger partial charge on any atom is -0.379 e. The second-order valence-corrected chi connectivity index (χ2v) is 6.70. The van der Waals surface area contributed by atoms with E-state index in [-0.39, 0.29) is 13.2 Å². The van der Waals surface area contributed by atoms with Crippen LogP contribution in [-0.2, 0) is 28.0 Å². The maximum absolute atomic E-state index is 11.9. The lowest BCUT2D eigenvalue weighted by Gasteiger charge is -2.12. The standard InChI is InChI=1S/C18H25O8P/c1-2-21-10-11-22-12-13-23-14-15-24-27(19,20)26-25-18-9-5-7-16-6-3-4-8-17(16)18/h3-9H,2,10-15H2,1H3,(H,19,20). The van der Waals surface area contributed by atoms with Gasteiger partial charge in [-0.3, -0.25) is 4.52 Å². The van der Waals surface area contributed by atoms with Crippen LogP contribution in [0.2, 0.25) is 0 Å². The Morgan fingerprint density at radius 3 is 2.22 bits per heavy atom. The third kappa shape index (κ3) is 8.36. The highest BCUT2D eigenvalue weighted by atomic mass is 31.2. The van der Waals surface area contributed by atoms with Crippen molar-refractivity contribution < 1.29 is 37.8 Å². The highest BCUT2D eigenvalue weighted by Crippen LogP contribution is 2.44. The molecule has 27 heavy (non-hydrogen) atoms. The van der Waals surface area contributed by atoms with Crippen LogP contribution < -0.4 is 4.89 Å². The van der Waals surface area contributed by atoms with Gasteiger partial charge in [-0.25, -0.2) is 4.57 Å². The smallest absolute Gasteiger partial charge is 0.379 e. The zero-order chi connectivity index (χ0) is 19.4. The molecule has 2 aromatic rings. The number of phosphoric ester groups is 1. The number of hydrogen-bond donors (Lipinski definition) is 1. The van der Waals surface area contributed by atoms with Crippen molar-refractivity contribution in [3.05, 3.63) is 42.5 Å². The lowest BCUT2D eigenvalue weighted by molar-refractivity contribution is -0.127. The summed E-state index contributed by atoms with van der Waals surface area (Å²) in [6, 6.07) is 12.7. The van der Waals surface area contributed by atoms with E-state index in [9.17, 15) is 9.46 Å². The van der Waals surface area contributed by atoms with Gasteiger partial charge in [0.15, 0.2) is 5.75 Å². The highest BCUT2D eigenvalue weighted by Gasteiger charge is 2.24. The maximum atomic E-state index is 11.9. The third-order valence-electron chi connectivity index (χ3n) is 3.40. The first-order chi connectivity index (χ1) is 13.1. The molecule has 1 unspecified atom stereocenters. The molecule has 2 aromatic carbocycles. The number of ether oxygens (including phenoxy) is 3. The summed E-state index contributed by atoms with van der Waals surface area (Å²) in [5.41, 5.74) is 0. The average molecular weight is 400 g/mol. The molecule has 0 fully saturated rings. The van der Waals surface area contributed by atoms with Gasteiger partial charge < -0.3 is 24.0 Å². The molecule has 0 amide bonds. The predicted molar refractivity (Wildman–Crippen MR) is 99.6 cm³/mol. The second-order valence-electron chi connectivity index (χ2n) is 5.36. The Labute approximate surface area is 158 Å². The number of hydrogen-bond acceptors (Lipinski definition) is 7. The molecule has 150 valence electrons. The molecule has 0 heterocycles. The zero-order valence-electron chi connectivity index (χ0n) is 15.2. The van der Waals surface area contributed by atoms with Crippen molar-refractivity contribution in [2.45, 2.75) is 6.92 Å². The zero-order valence-corrected chi connectivity index (χ0v) is 16.1. The summed E-state index contributed by atoms with van der Waals surface area (Å²) in [6.07, 6.45) is 0. The van der Waals surface area contributed by atoms with E-state index >= 15 is 0 Å². The van der Waals surface area contributed by atoms with E-state index < -0.39 is 7.82 Å². The van der Waals surface area contributed by atoms with Crippen LogP contribution in [0.15, 0.2) is 42.5 Å². The molecule has 1 atom stereocenters. The molecule has 9 heteroatoms. The van der Waals surface area contributed by atoms with Crippen molar-refractivity contribution >= 4 is 18.6 Å². The van der Waals surface area contributed by atoms with Crippen LogP contribution in [0.25, 0.3) is 10.8 Å². The van der Waals surface area contributed by atoms with Crippen LogP contribution in [-0.4, -0.2) is 51.1 Å². The summed E-state index contributed by atoms with van der Waals surface area (Å²) in [5.74, 6) is 0.325. The number of benzene rings is 2.